The number of phenols is 1. The quantitative estimate of drug-likeness (QED) is 0.782. The summed E-state index contributed by atoms with van der Waals surface area (Å²) >= 11 is 0. The van der Waals surface area contributed by atoms with Gasteiger partial charge >= 0.3 is 6.61 Å². The number of ether oxygens (including phenoxy) is 1. The van der Waals surface area contributed by atoms with Gasteiger partial charge in [0, 0.05) is 18.8 Å². The highest BCUT2D eigenvalue weighted by atomic mass is 19.3. The lowest BCUT2D eigenvalue weighted by Crippen LogP contribution is -2.44. The predicted octanol–water partition coefficient (Wildman–Crippen LogP) is 4.11. The molecule has 1 aliphatic rings. The third-order valence-corrected chi connectivity index (χ3v) is 4.75. The van der Waals surface area contributed by atoms with Crippen LogP contribution in [0.4, 0.5) is 14.5 Å². The van der Waals surface area contributed by atoms with Crippen LogP contribution in [0.25, 0.3) is 5.57 Å². The molecule has 1 heterocycles. The van der Waals surface area contributed by atoms with E-state index >= 15 is 0 Å². The first-order valence-electron chi connectivity index (χ1n) is 9.00. The average Bonchev–Trinajstić information content (AvgIpc) is 2.69. The molecule has 1 atom stereocenters. The number of hydrogen-bond donors (Lipinski definition) is 2. The molecule has 1 aliphatic heterocycles. The zero-order valence-electron chi connectivity index (χ0n) is 15.4. The Kier molecular flexibility index (Phi) is 6.26. The highest BCUT2D eigenvalue weighted by Crippen LogP contribution is 2.25. The first-order chi connectivity index (χ1) is 13.4. The molecule has 7 heteroatoms. The standard InChI is InChI=1S/C21H22F2N2O3/c1-14(20(27)24-17-4-8-19(9-5-17)28-21(22)23)25-12-10-16(11-13-25)15-2-6-18(26)7-3-15/h2-10,14,21,26H,11-13H2,1H3,(H,24,27). The molecule has 1 amide bonds. The fourth-order valence-corrected chi connectivity index (χ4v) is 3.11. The van der Waals surface area contributed by atoms with Gasteiger partial charge in [0.25, 0.3) is 0 Å². The summed E-state index contributed by atoms with van der Waals surface area (Å²) < 4.78 is 28.7. The van der Waals surface area contributed by atoms with E-state index in [9.17, 15) is 18.7 Å². The van der Waals surface area contributed by atoms with Gasteiger partial charge in [0.15, 0.2) is 0 Å². The number of nitrogens with zero attached hydrogens (tertiary/aromatic N) is 1. The lowest BCUT2D eigenvalue weighted by molar-refractivity contribution is -0.120. The van der Waals surface area contributed by atoms with Crippen molar-refractivity contribution in [3.05, 3.63) is 60.2 Å². The molecule has 0 aromatic heterocycles. The fraction of sp³-hybridized carbons (Fsp3) is 0.286. The molecule has 2 aromatic carbocycles. The normalized spacial score (nSPS) is 15.8. The third-order valence-electron chi connectivity index (χ3n) is 4.75. The monoisotopic (exact) mass is 388 g/mol. The lowest BCUT2D eigenvalue weighted by Gasteiger charge is -2.31. The highest BCUT2D eigenvalue weighted by molar-refractivity contribution is 5.94. The van der Waals surface area contributed by atoms with Crippen molar-refractivity contribution in [3.63, 3.8) is 0 Å². The first kappa shape index (κ1) is 19.8. The summed E-state index contributed by atoms with van der Waals surface area (Å²) in [5.74, 6) is 0.119. The molecule has 2 N–H and O–H groups in total. The number of benzene rings is 2. The van der Waals surface area contributed by atoms with Crippen molar-refractivity contribution < 1.29 is 23.4 Å². The Morgan fingerprint density at radius 3 is 2.39 bits per heavy atom. The number of amides is 1. The summed E-state index contributed by atoms with van der Waals surface area (Å²) in [5, 5.41) is 12.2. The maximum atomic E-state index is 12.5. The smallest absolute Gasteiger partial charge is 0.387 e. The van der Waals surface area contributed by atoms with Gasteiger partial charge in [-0.2, -0.15) is 8.78 Å². The van der Waals surface area contributed by atoms with Crippen LogP contribution >= 0.6 is 0 Å². The molecule has 5 nitrogen and oxygen atoms in total. The van der Waals surface area contributed by atoms with Crippen LogP contribution in [-0.4, -0.2) is 41.7 Å². The number of nitrogens with one attached hydrogen (secondary N) is 1. The van der Waals surface area contributed by atoms with Crippen LogP contribution in [0.3, 0.4) is 0 Å². The number of halogens is 2. The summed E-state index contributed by atoms with van der Waals surface area (Å²) in [4.78, 5) is 14.6. The number of rotatable bonds is 6. The molecule has 0 saturated heterocycles. The predicted molar refractivity (Wildman–Crippen MR) is 103 cm³/mol. The molecule has 1 unspecified atom stereocenters. The van der Waals surface area contributed by atoms with Gasteiger partial charge in [0.05, 0.1) is 6.04 Å². The van der Waals surface area contributed by atoms with Crippen molar-refractivity contribution in [2.45, 2.75) is 26.0 Å². The van der Waals surface area contributed by atoms with Gasteiger partial charge in [-0.15, -0.1) is 0 Å². The second-order valence-electron chi connectivity index (χ2n) is 6.59. The number of hydrogen-bond acceptors (Lipinski definition) is 4. The molecule has 0 aliphatic carbocycles. The topological polar surface area (TPSA) is 61.8 Å². The van der Waals surface area contributed by atoms with Gasteiger partial charge < -0.3 is 15.2 Å². The van der Waals surface area contributed by atoms with E-state index in [0.29, 0.717) is 12.2 Å². The van der Waals surface area contributed by atoms with Gasteiger partial charge in [-0.05, 0) is 60.9 Å². The summed E-state index contributed by atoms with van der Waals surface area (Å²) in [6.07, 6.45) is 2.90. The van der Waals surface area contributed by atoms with Crippen molar-refractivity contribution in [1.29, 1.82) is 0 Å². The van der Waals surface area contributed by atoms with Crippen LogP contribution < -0.4 is 10.1 Å². The summed E-state index contributed by atoms with van der Waals surface area (Å²) in [6, 6.07) is 12.6. The van der Waals surface area contributed by atoms with Crippen LogP contribution in [0.2, 0.25) is 0 Å². The van der Waals surface area contributed by atoms with Gasteiger partial charge in [-0.25, -0.2) is 0 Å². The number of carbonyl (C=O) groups excluding carboxylic acids is 1. The van der Waals surface area contributed by atoms with Gasteiger partial charge in [0.1, 0.15) is 11.5 Å². The number of phenolic OH excluding ortho intramolecular Hbond substituents is 1. The Morgan fingerprint density at radius 2 is 1.82 bits per heavy atom. The SMILES string of the molecule is CC(C(=O)Nc1ccc(OC(F)F)cc1)N1CC=C(c2ccc(O)cc2)CC1. The zero-order valence-corrected chi connectivity index (χ0v) is 15.4. The molecule has 148 valence electrons. The average molecular weight is 388 g/mol. The van der Waals surface area contributed by atoms with Gasteiger partial charge in [-0.1, -0.05) is 18.2 Å². The van der Waals surface area contributed by atoms with E-state index in [-0.39, 0.29) is 23.4 Å². The van der Waals surface area contributed by atoms with E-state index in [1.165, 1.54) is 29.8 Å². The van der Waals surface area contributed by atoms with Gasteiger partial charge in [-0.3, -0.25) is 9.69 Å². The minimum absolute atomic E-state index is 0.0453. The van der Waals surface area contributed by atoms with E-state index in [4.69, 9.17) is 0 Å². The molecule has 0 fully saturated rings. The van der Waals surface area contributed by atoms with E-state index in [0.717, 1.165) is 18.5 Å². The van der Waals surface area contributed by atoms with E-state index in [1.54, 1.807) is 12.1 Å². The number of carbonyl (C=O) groups is 1. The number of aromatic hydroxyl groups is 1. The summed E-state index contributed by atoms with van der Waals surface area (Å²) in [6.45, 7) is 0.344. The van der Waals surface area contributed by atoms with E-state index in [1.807, 2.05) is 19.1 Å². The molecule has 0 radical (unpaired) electrons. The van der Waals surface area contributed by atoms with E-state index < -0.39 is 6.61 Å². The molecule has 3 rings (SSSR count). The second kappa shape index (κ2) is 8.84. The molecular formula is C21H22F2N2O3. The van der Waals surface area contributed by atoms with Crippen molar-refractivity contribution in [2.24, 2.45) is 0 Å². The maximum absolute atomic E-state index is 12.5. The van der Waals surface area contributed by atoms with Crippen LogP contribution in [-0.2, 0) is 4.79 Å². The second-order valence-corrected chi connectivity index (χ2v) is 6.59. The Bertz CT molecular complexity index is 836. The van der Waals surface area contributed by atoms with Crippen LogP contribution in [0.15, 0.2) is 54.6 Å². The first-order valence-corrected chi connectivity index (χ1v) is 9.00. The minimum Gasteiger partial charge on any atom is -0.508 e. The minimum atomic E-state index is -2.88. The number of anilines is 1. The molecule has 0 bridgehead atoms. The van der Waals surface area contributed by atoms with Crippen molar-refractivity contribution >= 4 is 17.2 Å². The number of alkyl halides is 2. The molecular weight excluding hydrogens is 366 g/mol. The summed E-state index contributed by atoms with van der Waals surface area (Å²) in [5.41, 5.74) is 2.79. The molecule has 0 spiro atoms. The molecule has 28 heavy (non-hydrogen) atoms. The fourth-order valence-electron chi connectivity index (χ4n) is 3.11. The van der Waals surface area contributed by atoms with E-state index in [2.05, 4.69) is 21.0 Å². The van der Waals surface area contributed by atoms with Crippen LogP contribution in [0, 0.1) is 0 Å². The molecule has 0 saturated carbocycles. The van der Waals surface area contributed by atoms with Gasteiger partial charge in [0.2, 0.25) is 5.91 Å². The molecule has 2 aromatic rings. The van der Waals surface area contributed by atoms with Crippen molar-refractivity contribution in [1.82, 2.24) is 4.90 Å². The summed E-state index contributed by atoms with van der Waals surface area (Å²) in [7, 11) is 0. The Hall–Kier alpha value is -2.93. The Morgan fingerprint density at radius 1 is 1.14 bits per heavy atom. The largest absolute Gasteiger partial charge is 0.508 e. The lowest BCUT2D eigenvalue weighted by atomic mass is 9.98. The van der Waals surface area contributed by atoms with Crippen molar-refractivity contribution in [2.75, 3.05) is 18.4 Å². The maximum Gasteiger partial charge on any atom is 0.387 e. The Labute approximate surface area is 162 Å². The van der Waals surface area contributed by atoms with Crippen molar-refractivity contribution in [3.8, 4) is 11.5 Å². The van der Waals surface area contributed by atoms with Crippen LogP contribution in [0.1, 0.15) is 18.9 Å². The van der Waals surface area contributed by atoms with Crippen LogP contribution in [0.5, 0.6) is 11.5 Å². The third kappa shape index (κ3) is 5.07. The highest BCUT2D eigenvalue weighted by Gasteiger charge is 2.23. The zero-order chi connectivity index (χ0) is 20.1. The Balaban J connectivity index is 1.56.